The Morgan fingerprint density at radius 2 is 2.50 bits per heavy atom. The van der Waals surface area contributed by atoms with E-state index in [1.54, 1.807) is 0 Å². The SMILES string of the molecule is [2H]c1nc([2H])c(C2CC2)c(O)c1[2H]. The first-order valence-corrected chi connectivity index (χ1v) is 3.28. The zero-order valence-electron chi connectivity index (χ0n) is 8.39. The Morgan fingerprint density at radius 3 is 3.20 bits per heavy atom. The summed E-state index contributed by atoms with van der Waals surface area (Å²) in [5.74, 6) is -0.0443. The van der Waals surface area contributed by atoms with Gasteiger partial charge in [0.15, 0.2) is 0 Å². The first-order valence-electron chi connectivity index (χ1n) is 4.78. The van der Waals surface area contributed by atoms with Crippen LogP contribution in [0.3, 0.4) is 0 Å². The molecule has 0 amide bonds. The van der Waals surface area contributed by atoms with Crippen molar-refractivity contribution in [3.8, 4) is 5.75 Å². The topological polar surface area (TPSA) is 33.1 Å². The van der Waals surface area contributed by atoms with Crippen LogP contribution < -0.4 is 0 Å². The zero-order valence-corrected chi connectivity index (χ0v) is 5.39. The molecule has 1 aromatic heterocycles. The van der Waals surface area contributed by atoms with Gasteiger partial charge in [-0.05, 0) is 24.8 Å². The molecular formula is C8H9NO. The fraction of sp³-hybridized carbons (Fsp3) is 0.375. The van der Waals surface area contributed by atoms with Crippen LogP contribution in [-0.4, -0.2) is 10.1 Å². The standard InChI is InChI=1S/C8H9NO/c10-8-3-4-9-5-7(8)6-1-2-6/h3-6H,1-2H2,(H,9,10)/i3D,4D,5D. The molecule has 0 bridgehead atoms. The smallest absolute Gasteiger partial charge is 0.122 e. The van der Waals surface area contributed by atoms with Gasteiger partial charge in [0.1, 0.15) is 5.75 Å². The van der Waals surface area contributed by atoms with Crippen molar-refractivity contribution < 1.29 is 9.22 Å². The summed E-state index contributed by atoms with van der Waals surface area (Å²) in [6.45, 7) is 0. The number of hydrogen-bond donors (Lipinski definition) is 1. The third-order valence-electron chi connectivity index (χ3n) is 1.65. The van der Waals surface area contributed by atoms with E-state index in [0.717, 1.165) is 12.8 Å². The van der Waals surface area contributed by atoms with Gasteiger partial charge in [-0.15, -0.1) is 0 Å². The van der Waals surface area contributed by atoms with E-state index in [2.05, 4.69) is 4.98 Å². The molecule has 0 atom stereocenters. The predicted octanol–water partition coefficient (Wildman–Crippen LogP) is 1.66. The van der Waals surface area contributed by atoms with Crippen molar-refractivity contribution in [1.82, 2.24) is 4.98 Å². The van der Waals surface area contributed by atoms with Gasteiger partial charge in [-0.2, -0.15) is 0 Å². The minimum Gasteiger partial charge on any atom is -0.508 e. The van der Waals surface area contributed by atoms with E-state index >= 15 is 0 Å². The molecule has 0 unspecified atom stereocenters. The first kappa shape index (κ1) is 3.37. The normalized spacial score (nSPS) is 21.4. The number of aromatic nitrogens is 1. The Kier molecular flexibility index (Phi) is 0.666. The van der Waals surface area contributed by atoms with Crippen LogP contribution >= 0.6 is 0 Å². The van der Waals surface area contributed by atoms with Crippen LogP contribution in [0.2, 0.25) is 0 Å². The lowest BCUT2D eigenvalue weighted by Gasteiger charge is -1.98. The third kappa shape index (κ3) is 0.856. The van der Waals surface area contributed by atoms with Crippen molar-refractivity contribution in [2.75, 3.05) is 0 Å². The second kappa shape index (κ2) is 1.97. The van der Waals surface area contributed by atoms with Gasteiger partial charge in [-0.25, -0.2) is 0 Å². The minimum absolute atomic E-state index is 0.0546. The Hall–Kier alpha value is -1.05. The van der Waals surface area contributed by atoms with Crippen LogP contribution in [0.5, 0.6) is 5.75 Å². The van der Waals surface area contributed by atoms with E-state index in [1.807, 2.05) is 0 Å². The van der Waals surface area contributed by atoms with Crippen molar-refractivity contribution in [3.05, 3.63) is 24.0 Å². The molecule has 0 aliphatic heterocycles. The highest BCUT2D eigenvalue weighted by Crippen LogP contribution is 2.43. The number of pyridine rings is 1. The van der Waals surface area contributed by atoms with Gasteiger partial charge >= 0.3 is 0 Å². The van der Waals surface area contributed by atoms with Crippen molar-refractivity contribution in [3.63, 3.8) is 0 Å². The van der Waals surface area contributed by atoms with Gasteiger partial charge < -0.3 is 5.11 Å². The van der Waals surface area contributed by atoms with E-state index < -0.39 is 0 Å². The molecule has 1 fully saturated rings. The first-order chi connectivity index (χ1) is 6.11. The summed E-state index contributed by atoms with van der Waals surface area (Å²) in [6, 6.07) is -0.266. The largest absolute Gasteiger partial charge is 0.508 e. The van der Waals surface area contributed by atoms with Gasteiger partial charge in [0.25, 0.3) is 0 Å². The Bertz CT molecular complexity index is 363. The fourth-order valence-electron chi connectivity index (χ4n) is 0.946. The van der Waals surface area contributed by atoms with Gasteiger partial charge in [-0.1, -0.05) is 0 Å². The van der Waals surface area contributed by atoms with Crippen LogP contribution in [0.4, 0.5) is 0 Å². The average Bonchev–Trinajstić information content (AvgIpc) is 2.84. The molecule has 1 N–H and O–H groups in total. The second-order valence-electron chi connectivity index (χ2n) is 2.50. The van der Waals surface area contributed by atoms with Crippen molar-refractivity contribution in [1.29, 1.82) is 0 Å². The summed E-state index contributed by atoms with van der Waals surface area (Å²) in [5.41, 5.74) is 0.445. The lowest BCUT2D eigenvalue weighted by Crippen LogP contribution is -1.81. The zero-order chi connectivity index (χ0) is 9.59. The minimum atomic E-state index is -0.327. The maximum atomic E-state index is 9.50. The third-order valence-corrected chi connectivity index (χ3v) is 1.65. The average molecular weight is 138 g/mol. The van der Waals surface area contributed by atoms with Crippen LogP contribution in [0.25, 0.3) is 0 Å². The molecule has 1 saturated carbocycles. The van der Waals surface area contributed by atoms with Crippen LogP contribution in [0.15, 0.2) is 18.4 Å². The summed E-state index contributed by atoms with van der Waals surface area (Å²) in [6.07, 6.45) is 1.50. The van der Waals surface area contributed by atoms with Gasteiger partial charge in [-0.3, -0.25) is 4.98 Å². The maximum Gasteiger partial charge on any atom is 0.122 e. The molecule has 0 radical (unpaired) electrons. The molecule has 0 saturated heterocycles. The van der Waals surface area contributed by atoms with E-state index in [-0.39, 0.29) is 30.1 Å². The number of hydrogen-bond acceptors (Lipinski definition) is 2. The second-order valence-corrected chi connectivity index (χ2v) is 2.50. The van der Waals surface area contributed by atoms with Crippen molar-refractivity contribution in [2.45, 2.75) is 18.8 Å². The highest BCUT2D eigenvalue weighted by molar-refractivity contribution is 5.34. The van der Waals surface area contributed by atoms with E-state index in [4.69, 9.17) is 4.11 Å². The molecule has 2 heteroatoms. The monoisotopic (exact) mass is 138 g/mol. The maximum absolute atomic E-state index is 9.50. The van der Waals surface area contributed by atoms with E-state index in [9.17, 15) is 5.11 Å². The fourth-order valence-corrected chi connectivity index (χ4v) is 0.946. The summed E-state index contributed by atoms with van der Waals surface area (Å²) in [4.78, 5) is 3.58. The highest BCUT2D eigenvalue weighted by atomic mass is 16.3. The summed E-state index contributed by atoms with van der Waals surface area (Å²) in [5, 5.41) is 9.50. The van der Waals surface area contributed by atoms with Gasteiger partial charge in [0, 0.05) is 17.9 Å². The molecular weight excluding hydrogens is 126 g/mol. The Morgan fingerprint density at radius 1 is 1.70 bits per heavy atom. The molecule has 1 aliphatic rings. The number of nitrogens with zero attached hydrogens (tertiary/aromatic N) is 1. The lowest BCUT2D eigenvalue weighted by atomic mass is 10.2. The van der Waals surface area contributed by atoms with E-state index in [1.165, 1.54) is 0 Å². The predicted molar refractivity (Wildman–Crippen MR) is 37.9 cm³/mol. The van der Waals surface area contributed by atoms with Crippen molar-refractivity contribution in [2.24, 2.45) is 0 Å². The van der Waals surface area contributed by atoms with E-state index in [0.29, 0.717) is 5.56 Å². The van der Waals surface area contributed by atoms with Crippen LogP contribution in [-0.2, 0) is 0 Å². The molecule has 1 aliphatic carbocycles. The molecule has 10 heavy (non-hydrogen) atoms. The lowest BCUT2D eigenvalue weighted by molar-refractivity contribution is 0.467. The Labute approximate surface area is 63.7 Å². The van der Waals surface area contributed by atoms with Gasteiger partial charge in [0.05, 0.1) is 4.11 Å². The molecule has 1 heterocycles. The molecule has 1 aromatic rings. The molecule has 2 nitrogen and oxygen atoms in total. The van der Waals surface area contributed by atoms with Crippen molar-refractivity contribution >= 4 is 0 Å². The summed E-state index contributed by atoms with van der Waals surface area (Å²) < 4.78 is 21.9. The molecule has 0 aromatic carbocycles. The molecule has 52 valence electrons. The number of rotatable bonds is 1. The highest BCUT2D eigenvalue weighted by Gasteiger charge is 2.25. The quantitative estimate of drug-likeness (QED) is 0.640. The Balaban J connectivity index is 2.60. The number of aromatic hydroxyl groups is 1. The van der Waals surface area contributed by atoms with Gasteiger partial charge in [0.2, 0.25) is 0 Å². The van der Waals surface area contributed by atoms with Crippen LogP contribution in [0, 0.1) is 0 Å². The molecule has 0 spiro atoms. The molecule has 2 rings (SSSR count). The summed E-state index contributed by atoms with van der Waals surface area (Å²) in [7, 11) is 0. The summed E-state index contributed by atoms with van der Waals surface area (Å²) >= 11 is 0. The van der Waals surface area contributed by atoms with Crippen LogP contribution in [0.1, 0.15) is 28.4 Å².